The minimum atomic E-state index is -0.137. The molecule has 1 saturated heterocycles. The second kappa shape index (κ2) is 6.42. The number of oxazole rings is 1. The van der Waals surface area contributed by atoms with Gasteiger partial charge in [0, 0.05) is 31.2 Å². The van der Waals surface area contributed by atoms with Crippen molar-refractivity contribution in [2.75, 3.05) is 26.8 Å². The lowest BCUT2D eigenvalue weighted by molar-refractivity contribution is 0.0775. The number of carbonyl (C=O) groups is 1. The Morgan fingerprint density at radius 3 is 2.78 bits per heavy atom. The summed E-state index contributed by atoms with van der Waals surface area (Å²) < 4.78 is 10.8. The van der Waals surface area contributed by atoms with Gasteiger partial charge in [-0.05, 0) is 37.6 Å². The number of aliphatic hydroxyl groups is 1. The van der Waals surface area contributed by atoms with Gasteiger partial charge < -0.3 is 19.2 Å². The lowest BCUT2D eigenvalue weighted by Gasteiger charge is -2.14. The molecule has 1 atom stereocenters. The molecule has 1 aromatic heterocycles. The van der Waals surface area contributed by atoms with Crippen LogP contribution in [0.5, 0.6) is 5.75 Å². The molecule has 0 radical (unpaired) electrons. The van der Waals surface area contributed by atoms with E-state index in [0.717, 1.165) is 17.7 Å². The smallest absolute Gasteiger partial charge is 0.276 e. The molecule has 0 spiro atoms. The summed E-state index contributed by atoms with van der Waals surface area (Å²) in [4.78, 5) is 18.7. The van der Waals surface area contributed by atoms with Crippen LogP contribution in [0.3, 0.4) is 0 Å². The molecule has 122 valence electrons. The summed E-state index contributed by atoms with van der Waals surface area (Å²) in [6.07, 6.45) is 0.824. The van der Waals surface area contributed by atoms with Crippen molar-refractivity contribution in [2.45, 2.75) is 13.3 Å². The Bertz CT molecular complexity index is 693. The van der Waals surface area contributed by atoms with Crippen molar-refractivity contribution in [1.82, 2.24) is 9.88 Å². The summed E-state index contributed by atoms with van der Waals surface area (Å²) in [7, 11) is 1.61. The number of nitrogens with zero attached hydrogens (tertiary/aromatic N) is 2. The van der Waals surface area contributed by atoms with E-state index in [-0.39, 0.29) is 18.4 Å². The van der Waals surface area contributed by atoms with Gasteiger partial charge in [-0.25, -0.2) is 4.98 Å². The van der Waals surface area contributed by atoms with Gasteiger partial charge in [-0.15, -0.1) is 0 Å². The topological polar surface area (TPSA) is 75.8 Å². The number of hydrogen-bond donors (Lipinski definition) is 1. The van der Waals surface area contributed by atoms with Crippen LogP contribution in [-0.4, -0.2) is 47.7 Å². The fourth-order valence-corrected chi connectivity index (χ4v) is 2.77. The van der Waals surface area contributed by atoms with Gasteiger partial charge >= 0.3 is 0 Å². The first-order valence-electron chi connectivity index (χ1n) is 7.64. The molecule has 1 amide bonds. The minimum absolute atomic E-state index is 0.110. The molecule has 1 aliphatic rings. The van der Waals surface area contributed by atoms with Crippen LogP contribution in [0.15, 0.2) is 28.7 Å². The molecule has 1 aliphatic heterocycles. The van der Waals surface area contributed by atoms with Crippen molar-refractivity contribution in [3.63, 3.8) is 0 Å². The summed E-state index contributed by atoms with van der Waals surface area (Å²) in [5.74, 6) is 1.70. The van der Waals surface area contributed by atoms with E-state index < -0.39 is 0 Å². The SMILES string of the molecule is COc1ccc(-c2nc(C(=O)N3CCC(CO)C3)c(C)o2)cc1. The standard InChI is InChI=1S/C17H20N2O4/c1-11-15(17(21)19-8-7-12(9-19)10-20)18-16(23-11)13-3-5-14(22-2)6-4-13/h3-6,12,20H,7-10H2,1-2H3. The first-order chi connectivity index (χ1) is 11.1. The summed E-state index contributed by atoms with van der Waals surface area (Å²) in [5.41, 5.74) is 1.14. The number of aromatic nitrogens is 1. The molecule has 6 nitrogen and oxygen atoms in total. The molecule has 0 aliphatic carbocycles. The van der Waals surface area contributed by atoms with Gasteiger partial charge in [-0.2, -0.15) is 0 Å². The quantitative estimate of drug-likeness (QED) is 0.935. The highest BCUT2D eigenvalue weighted by Gasteiger charge is 2.29. The summed E-state index contributed by atoms with van der Waals surface area (Å²) in [6, 6.07) is 7.33. The molecule has 6 heteroatoms. The Morgan fingerprint density at radius 1 is 1.43 bits per heavy atom. The first kappa shape index (κ1) is 15.6. The van der Waals surface area contributed by atoms with E-state index in [1.165, 1.54) is 0 Å². The highest BCUT2D eigenvalue weighted by molar-refractivity contribution is 5.93. The maximum atomic E-state index is 12.6. The van der Waals surface area contributed by atoms with Crippen LogP contribution < -0.4 is 4.74 Å². The number of hydrogen-bond acceptors (Lipinski definition) is 5. The number of aliphatic hydroxyl groups excluding tert-OH is 1. The first-order valence-corrected chi connectivity index (χ1v) is 7.64. The summed E-state index contributed by atoms with van der Waals surface area (Å²) >= 11 is 0. The molecule has 3 rings (SSSR count). The third-order valence-corrected chi connectivity index (χ3v) is 4.17. The highest BCUT2D eigenvalue weighted by atomic mass is 16.5. The number of amides is 1. The van der Waals surface area contributed by atoms with Crippen LogP contribution in [0, 0.1) is 12.8 Å². The monoisotopic (exact) mass is 316 g/mol. The third-order valence-electron chi connectivity index (χ3n) is 4.17. The Labute approximate surface area is 134 Å². The Hall–Kier alpha value is -2.34. The van der Waals surface area contributed by atoms with Gasteiger partial charge in [0.1, 0.15) is 11.5 Å². The van der Waals surface area contributed by atoms with Gasteiger partial charge in [0.25, 0.3) is 5.91 Å². The molecule has 23 heavy (non-hydrogen) atoms. The van der Waals surface area contributed by atoms with Crippen molar-refractivity contribution in [2.24, 2.45) is 5.92 Å². The van der Waals surface area contributed by atoms with Gasteiger partial charge in [0.05, 0.1) is 7.11 Å². The molecule has 0 saturated carbocycles. The van der Waals surface area contributed by atoms with Crippen molar-refractivity contribution in [3.8, 4) is 17.2 Å². The number of aryl methyl sites for hydroxylation is 1. The Balaban J connectivity index is 1.81. The van der Waals surface area contributed by atoms with E-state index in [1.807, 2.05) is 24.3 Å². The van der Waals surface area contributed by atoms with Crippen LogP contribution in [0.2, 0.25) is 0 Å². The van der Waals surface area contributed by atoms with Crippen LogP contribution in [-0.2, 0) is 0 Å². The zero-order valence-corrected chi connectivity index (χ0v) is 13.3. The fourth-order valence-electron chi connectivity index (χ4n) is 2.77. The number of methoxy groups -OCH3 is 1. The van der Waals surface area contributed by atoms with E-state index >= 15 is 0 Å². The van der Waals surface area contributed by atoms with E-state index in [0.29, 0.717) is 30.4 Å². The van der Waals surface area contributed by atoms with Crippen molar-refractivity contribution >= 4 is 5.91 Å². The number of ether oxygens (including phenoxy) is 1. The van der Waals surface area contributed by atoms with Crippen LogP contribution >= 0.6 is 0 Å². The second-order valence-electron chi connectivity index (χ2n) is 5.74. The lowest BCUT2D eigenvalue weighted by atomic mass is 10.1. The van der Waals surface area contributed by atoms with Crippen LogP contribution in [0.25, 0.3) is 11.5 Å². The molecule has 2 aromatic rings. The van der Waals surface area contributed by atoms with E-state index in [2.05, 4.69) is 4.98 Å². The fraction of sp³-hybridized carbons (Fsp3) is 0.412. The van der Waals surface area contributed by atoms with Crippen molar-refractivity contribution in [3.05, 3.63) is 35.7 Å². The minimum Gasteiger partial charge on any atom is -0.497 e. The van der Waals surface area contributed by atoms with Gasteiger partial charge in [-0.1, -0.05) is 0 Å². The highest BCUT2D eigenvalue weighted by Crippen LogP contribution is 2.26. The average Bonchev–Trinajstić information content (AvgIpc) is 3.21. The predicted molar refractivity (Wildman–Crippen MR) is 84.3 cm³/mol. The maximum Gasteiger partial charge on any atom is 0.276 e. The third kappa shape index (κ3) is 3.07. The number of likely N-dealkylation sites (tertiary alicyclic amines) is 1. The maximum absolute atomic E-state index is 12.6. The van der Waals surface area contributed by atoms with E-state index in [9.17, 15) is 9.90 Å². The summed E-state index contributed by atoms with van der Waals surface area (Å²) in [5, 5.41) is 9.20. The van der Waals surface area contributed by atoms with E-state index in [1.54, 1.807) is 18.9 Å². The molecular formula is C17H20N2O4. The Morgan fingerprint density at radius 2 is 2.17 bits per heavy atom. The molecule has 1 aromatic carbocycles. The largest absolute Gasteiger partial charge is 0.497 e. The molecule has 2 heterocycles. The number of rotatable bonds is 4. The lowest BCUT2D eigenvalue weighted by Crippen LogP contribution is -2.29. The van der Waals surface area contributed by atoms with Gasteiger partial charge in [-0.3, -0.25) is 4.79 Å². The average molecular weight is 316 g/mol. The van der Waals surface area contributed by atoms with Gasteiger partial charge in [0.15, 0.2) is 5.69 Å². The van der Waals surface area contributed by atoms with Crippen LogP contribution in [0.1, 0.15) is 22.7 Å². The predicted octanol–water partition coefficient (Wildman–Crippen LogP) is 2.11. The van der Waals surface area contributed by atoms with Crippen LogP contribution in [0.4, 0.5) is 0 Å². The molecule has 1 N–H and O–H groups in total. The zero-order valence-electron chi connectivity index (χ0n) is 13.3. The molecule has 0 bridgehead atoms. The Kier molecular flexibility index (Phi) is 4.34. The number of carbonyl (C=O) groups excluding carboxylic acids is 1. The van der Waals surface area contributed by atoms with Crippen molar-refractivity contribution < 1.29 is 19.1 Å². The van der Waals surface area contributed by atoms with Crippen molar-refractivity contribution in [1.29, 1.82) is 0 Å². The zero-order chi connectivity index (χ0) is 16.4. The van der Waals surface area contributed by atoms with E-state index in [4.69, 9.17) is 9.15 Å². The summed E-state index contributed by atoms with van der Waals surface area (Å²) in [6.45, 7) is 3.07. The molecular weight excluding hydrogens is 296 g/mol. The van der Waals surface area contributed by atoms with Gasteiger partial charge in [0.2, 0.25) is 5.89 Å². The normalized spacial score (nSPS) is 17.5. The molecule has 1 fully saturated rings. The second-order valence-corrected chi connectivity index (χ2v) is 5.74. The number of benzene rings is 1. The molecule has 1 unspecified atom stereocenters.